The quantitative estimate of drug-likeness (QED) is 0.624. The number of rotatable bonds is 4. The summed E-state index contributed by atoms with van der Waals surface area (Å²) in [6.45, 7) is 9.76. The molecule has 0 aliphatic carbocycles. The van der Waals surface area contributed by atoms with Crippen LogP contribution < -0.4 is 5.63 Å². The smallest absolute Gasteiger partial charge is 0.336 e. The fourth-order valence-electron chi connectivity index (χ4n) is 4.13. The zero-order chi connectivity index (χ0) is 21.3. The van der Waals surface area contributed by atoms with Crippen molar-refractivity contribution < 1.29 is 9.21 Å². The Morgan fingerprint density at radius 2 is 1.67 bits per heavy atom. The van der Waals surface area contributed by atoms with E-state index in [0.717, 1.165) is 46.3 Å². The second-order valence-electron chi connectivity index (χ2n) is 8.24. The highest BCUT2D eigenvalue weighted by molar-refractivity contribution is 5.84. The lowest BCUT2D eigenvalue weighted by atomic mass is 10.0. The second kappa shape index (κ2) is 8.44. The highest BCUT2D eigenvalue weighted by Gasteiger charge is 2.22. The minimum Gasteiger partial charge on any atom is -0.422 e. The van der Waals surface area contributed by atoms with Crippen LogP contribution in [0.4, 0.5) is 0 Å². The van der Waals surface area contributed by atoms with Gasteiger partial charge in [-0.05, 0) is 48.6 Å². The van der Waals surface area contributed by atoms with Crippen molar-refractivity contribution in [3.05, 3.63) is 80.7 Å². The summed E-state index contributed by atoms with van der Waals surface area (Å²) in [5.41, 5.74) is 5.75. The third-order valence-electron chi connectivity index (χ3n) is 6.24. The molecule has 5 nitrogen and oxygen atoms in total. The first-order valence-electron chi connectivity index (χ1n) is 10.5. The molecule has 1 fully saturated rings. The zero-order valence-corrected chi connectivity index (χ0v) is 17.9. The third kappa shape index (κ3) is 4.17. The van der Waals surface area contributed by atoms with Gasteiger partial charge in [-0.15, -0.1) is 0 Å². The van der Waals surface area contributed by atoms with Crippen LogP contribution in [0.15, 0.2) is 51.7 Å². The van der Waals surface area contributed by atoms with Crippen molar-refractivity contribution in [2.75, 3.05) is 26.2 Å². The Bertz CT molecular complexity index is 1140. The van der Waals surface area contributed by atoms with Gasteiger partial charge in [-0.1, -0.05) is 36.4 Å². The average molecular weight is 405 g/mol. The predicted octanol–water partition coefficient (Wildman–Crippen LogP) is 3.61. The summed E-state index contributed by atoms with van der Waals surface area (Å²) >= 11 is 0. The van der Waals surface area contributed by atoms with Crippen molar-refractivity contribution in [3.63, 3.8) is 0 Å². The number of fused-ring (bicyclic) bond motifs is 1. The number of piperazine rings is 1. The fraction of sp³-hybridized carbons (Fsp3) is 0.360. The van der Waals surface area contributed by atoms with Crippen molar-refractivity contribution in [3.8, 4) is 0 Å². The average Bonchev–Trinajstić information content (AvgIpc) is 2.73. The Balaban J connectivity index is 1.43. The predicted molar refractivity (Wildman–Crippen MR) is 119 cm³/mol. The van der Waals surface area contributed by atoms with E-state index in [0.29, 0.717) is 31.6 Å². The van der Waals surface area contributed by atoms with Gasteiger partial charge in [0.15, 0.2) is 0 Å². The first-order valence-corrected chi connectivity index (χ1v) is 10.5. The van der Waals surface area contributed by atoms with E-state index in [1.165, 1.54) is 0 Å². The molecular weight excluding hydrogens is 376 g/mol. The van der Waals surface area contributed by atoms with Crippen LogP contribution in [-0.2, 0) is 17.8 Å². The molecule has 1 aliphatic rings. The van der Waals surface area contributed by atoms with E-state index in [-0.39, 0.29) is 11.5 Å². The molecule has 2 aromatic carbocycles. The zero-order valence-electron chi connectivity index (χ0n) is 17.9. The van der Waals surface area contributed by atoms with Crippen LogP contribution in [0.25, 0.3) is 11.0 Å². The summed E-state index contributed by atoms with van der Waals surface area (Å²) in [6, 6.07) is 13.8. The lowest BCUT2D eigenvalue weighted by Crippen LogP contribution is -2.48. The third-order valence-corrected chi connectivity index (χ3v) is 6.24. The van der Waals surface area contributed by atoms with Crippen LogP contribution in [0.1, 0.15) is 27.8 Å². The summed E-state index contributed by atoms with van der Waals surface area (Å²) in [5, 5.41) is 0.996. The number of aryl methyl sites for hydroxylation is 3. The molecule has 0 saturated carbocycles. The lowest BCUT2D eigenvalue weighted by Gasteiger charge is -2.35. The largest absolute Gasteiger partial charge is 0.422 e. The molecule has 156 valence electrons. The van der Waals surface area contributed by atoms with E-state index in [1.54, 1.807) is 6.07 Å². The van der Waals surface area contributed by atoms with E-state index < -0.39 is 0 Å². The maximum absolute atomic E-state index is 12.7. The summed E-state index contributed by atoms with van der Waals surface area (Å²) in [7, 11) is 0. The van der Waals surface area contributed by atoms with Crippen molar-refractivity contribution >= 4 is 16.9 Å². The molecule has 0 spiro atoms. The van der Waals surface area contributed by atoms with Gasteiger partial charge in [0.2, 0.25) is 5.91 Å². The van der Waals surface area contributed by atoms with Gasteiger partial charge in [0.1, 0.15) is 5.58 Å². The molecule has 0 radical (unpaired) electrons. The summed E-state index contributed by atoms with van der Waals surface area (Å²) in [4.78, 5) is 29.1. The Kier molecular flexibility index (Phi) is 5.73. The Labute approximate surface area is 176 Å². The summed E-state index contributed by atoms with van der Waals surface area (Å²) in [6.07, 6.45) is 0.454. The van der Waals surface area contributed by atoms with Crippen LogP contribution in [0.5, 0.6) is 0 Å². The molecule has 0 N–H and O–H groups in total. The van der Waals surface area contributed by atoms with Gasteiger partial charge in [0.05, 0.1) is 6.42 Å². The standard InChI is InChI=1S/C25H28N2O3/c1-17-8-9-22-21(15-24(29)30-25(22)19(17)3)16-26-10-12-27(13-11-26)23(28)14-20-7-5-4-6-18(20)2/h4-9,15H,10-14,16H2,1-3H3. The van der Waals surface area contributed by atoms with Crippen LogP contribution >= 0.6 is 0 Å². The van der Waals surface area contributed by atoms with Crippen LogP contribution in [0, 0.1) is 20.8 Å². The molecule has 2 heterocycles. The SMILES string of the molecule is Cc1ccccc1CC(=O)N1CCN(Cc2cc(=O)oc3c(C)c(C)ccc23)CC1. The highest BCUT2D eigenvalue weighted by Crippen LogP contribution is 2.24. The molecule has 4 rings (SSSR count). The molecule has 0 atom stereocenters. The number of hydrogen-bond donors (Lipinski definition) is 0. The lowest BCUT2D eigenvalue weighted by molar-refractivity contribution is -0.132. The van der Waals surface area contributed by atoms with Gasteiger partial charge in [-0.3, -0.25) is 9.69 Å². The number of amides is 1. The summed E-state index contributed by atoms with van der Waals surface area (Å²) in [5.74, 6) is 0.181. The minimum absolute atomic E-state index is 0.181. The van der Waals surface area contributed by atoms with Crippen molar-refractivity contribution in [1.82, 2.24) is 9.80 Å². The van der Waals surface area contributed by atoms with Crippen LogP contribution in [0.2, 0.25) is 0 Å². The Morgan fingerprint density at radius 3 is 2.40 bits per heavy atom. The fourth-order valence-corrected chi connectivity index (χ4v) is 4.13. The van der Waals surface area contributed by atoms with Gasteiger partial charge in [-0.25, -0.2) is 4.79 Å². The first kappa shape index (κ1) is 20.4. The van der Waals surface area contributed by atoms with Crippen LogP contribution in [0.3, 0.4) is 0 Å². The van der Waals surface area contributed by atoms with Gasteiger partial charge < -0.3 is 9.32 Å². The second-order valence-corrected chi connectivity index (χ2v) is 8.24. The van der Waals surface area contributed by atoms with Gasteiger partial charge in [-0.2, -0.15) is 0 Å². The van der Waals surface area contributed by atoms with Gasteiger partial charge in [0.25, 0.3) is 0 Å². The molecule has 0 bridgehead atoms. The molecule has 5 heteroatoms. The van der Waals surface area contributed by atoms with E-state index in [4.69, 9.17) is 4.42 Å². The molecule has 1 aromatic heterocycles. The van der Waals surface area contributed by atoms with E-state index >= 15 is 0 Å². The molecule has 0 unspecified atom stereocenters. The minimum atomic E-state index is -0.307. The highest BCUT2D eigenvalue weighted by atomic mass is 16.4. The van der Waals surface area contributed by atoms with Crippen LogP contribution in [-0.4, -0.2) is 41.9 Å². The molecule has 1 saturated heterocycles. The van der Waals surface area contributed by atoms with Crippen molar-refractivity contribution in [2.45, 2.75) is 33.7 Å². The van der Waals surface area contributed by atoms with E-state index in [2.05, 4.69) is 11.0 Å². The molecular formula is C25H28N2O3. The number of carbonyl (C=O) groups excluding carboxylic acids is 1. The number of benzene rings is 2. The Hall–Kier alpha value is -2.92. The topological polar surface area (TPSA) is 53.8 Å². The molecule has 30 heavy (non-hydrogen) atoms. The maximum Gasteiger partial charge on any atom is 0.336 e. The molecule has 3 aromatic rings. The number of carbonyl (C=O) groups is 1. The monoisotopic (exact) mass is 404 g/mol. The molecule has 1 aliphatic heterocycles. The van der Waals surface area contributed by atoms with Crippen molar-refractivity contribution in [1.29, 1.82) is 0 Å². The van der Waals surface area contributed by atoms with E-state index in [1.807, 2.05) is 56.0 Å². The number of nitrogens with zero attached hydrogens (tertiary/aromatic N) is 2. The summed E-state index contributed by atoms with van der Waals surface area (Å²) < 4.78 is 5.49. The van der Waals surface area contributed by atoms with Gasteiger partial charge >= 0.3 is 5.63 Å². The Morgan fingerprint density at radius 1 is 0.933 bits per heavy atom. The normalized spacial score (nSPS) is 15.0. The van der Waals surface area contributed by atoms with Gasteiger partial charge in [0, 0.05) is 44.2 Å². The van der Waals surface area contributed by atoms with E-state index in [9.17, 15) is 9.59 Å². The number of hydrogen-bond acceptors (Lipinski definition) is 4. The van der Waals surface area contributed by atoms with Crippen molar-refractivity contribution in [2.24, 2.45) is 0 Å². The maximum atomic E-state index is 12.7. The molecule has 1 amide bonds. The first-order chi connectivity index (χ1) is 14.4.